The van der Waals surface area contributed by atoms with Crippen LogP contribution in [0.3, 0.4) is 0 Å². The minimum Gasteiger partial charge on any atom is -0.515 e. The molecular weight excluding hydrogens is 776 g/mol. The number of nitrogens with zero attached hydrogens (tertiary/aromatic N) is 4. The first-order valence-electron chi connectivity index (χ1n) is 16.5. The van der Waals surface area contributed by atoms with Crippen molar-refractivity contribution in [1.82, 2.24) is 9.97 Å². The Labute approximate surface area is 297 Å². The van der Waals surface area contributed by atoms with Crippen LogP contribution in [0, 0.1) is 12.1 Å². The number of ether oxygens (including phenoxy) is 2. The number of rotatable bonds is 5. The first-order chi connectivity index (χ1) is 22.6. The number of fused-ring (bicyclic) bond motifs is 3. The van der Waals surface area contributed by atoms with Crippen molar-refractivity contribution in [3.63, 3.8) is 0 Å². The predicted molar refractivity (Wildman–Crippen MR) is 186 cm³/mol. The van der Waals surface area contributed by atoms with Gasteiger partial charge in [0.25, 0.3) is 0 Å². The number of aliphatic imine (C=N–C) groups is 1. The Morgan fingerprint density at radius 3 is 2.48 bits per heavy atom. The second-order valence-electron chi connectivity index (χ2n) is 14.3. The maximum atomic E-state index is 6.62. The van der Waals surface area contributed by atoms with Gasteiger partial charge in [-0.3, -0.25) is 9.98 Å². The molecule has 8 rings (SSSR count). The fourth-order valence-electron chi connectivity index (χ4n) is 7.07. The van der Waals surface area contributed by atoms with E-state index in [2.05, 4.69) is 99.1 Å². The summed E-state index contributed by atoms with van der Waals surface area (Å²) < 4.78 is 12.9. The van der Waals surface area contributed by atoms with E-state index in [-0.39, 0.29) is 44.0 Å². The van der Waals surface area contributed by atoms with E-state index in [1.165, 1.54) is 11.1 Å². The van der Waals surface area contributed by atoms with E-state index >= 15 is 0 Å². The van der Waals surface area contributed by atoms with Gasteiger partial charge in [0.15, 0.2) is 0 Å². The molecule has 4 heterocycles. The van der Waals surface area contributed by atoms with E-state index in [0.29, 0.717) is 17.4 Å². The van der Waals surface area contributed by atoms with E-state index in [1.807, 2.05) is 42.6 Å². The van der Waals surface area contributed by atoms with E-state index in [1.54, 1.807) is 6.20 Å². The largest absolute Gasteiger partial charge is 2.00 e. The van der Waals surface area contributed by atoms with Crippen molar-refractivity contribution in [2.45, 2.75) is 76.9 Å². The van der Waals surface area contributed by atoms with Crippen molar-refractivity contribution in [3.05, 3.63) is 126 Å². The minimum atomic E-state index is -0.257. The van der Waals surface area contributed by atoms with Crippen molar-refractivity contribution in [1.29, 1.82) is 0 Å². The number of anilines is 3. The second-order valence-corrected chi connectivity index (χ2v) is 14.3. The van der Waals surface area contributed by atoms with Gasteiger partial charge >= 0.3 is 21.1 Å². The molecule has 2 atom stereocenters. The number of benzene rings is 3. The van der Waals surface area contributed by atoms with Gasteiger partial charge in [-0.15, -0.1) is 23.8 Å². The fourth-order valence-corrected chi connectivity index (χ4v) is 7.07. The molecular formula is C41H38N4O2Pt. The van der Waals surface area contributed by atoms with E-state index in [0.717, 1.165) is 58.8 Å². The average Bonchev–Trinajstić information content (AvgIpc) is 3.68. The second kappa shape index (κ2) is 12.3. The maximum absolute atomic E-state index is 6.62. The summed E-state index contributed by atoms with van der Waals surface area (Å²) in [4.78, 5) is 16.7. The van der Waals surface area contributed by atoms with Gasteiger partial charge in [0, 0.05) is 29.6 Å². The van der Waals surface area contributed by atoms with Crippen molar-refractivity contribution < 1.29 is 30.5 Å². The molecule has 1 fully saturated rings. The number of pyridine rings is 2. The van der Waals surface area contributed by atoms with Crippen molar-refractivity contribution in [2.24, 2.45) is 4.99 Å². The summed E-state index contributed by atoms with van der Waals surface area (Å²) >= 11 is 0. The van der Waals surface area contributed by atoms with Crippen LogP contribution >= 0.6 is 0 Å². The molecule has 0 amide bonds. The van der Waals surface area contributed by atoms with Crippen LogP contribution in [0.1, 0.15) is 76.1 Å². The molecule has 6 nitrogen and oxygen atoms in total. The summed E-state index contributed by atoms with van der Waals surface area (Å²) in [7, 11) is 0. The molecule has 0 unspecified atom stereocenters. The predicted octanol–water partition coefficient (Wildman–Crippen LogP) is 9.64. The molecule has 48 heavy (non-hydrogen) atoms. The number of hydrogen-bond donors (Lipinski definition) is 0. The third-order valence-electron chi connectivity index (χ3n) is 9.67. The number of para-hydroxylation sites is 1. The van der Waals surface area contributed by atoms with Crippen LogP contribution in [0.15, 0.2) is 96.2 Å². The molecule has 244 valence electrons. The van der Waals surface area contributed by atoms with Crippen molar-refractivity contribution in [2.75, 3.05) is 4.90 Å². The molecule has 1 saturated carbocycles. The van der Waals surface area contributed by atoms with Crippen LogP contribution in [-0.2, 0) is 36.6 Å². The van der Waals surface area contributed by atoms with Crippen LogP contribution in [0.2, 0.25) is 0 Å². The standard InChI is InChI=1S/C41H38N4O2.Pt/c1-40(2,3)28-18-20-43-38(24-28)45-35-14-7-6-11-31(35)41(4,5)32-17-16-29(25-36(32)45)46-30-22-26(33-12-8-9-19-42-33)21-27(23-30)39-44-34-13-10-15-37(34)47-39;/h6-9,11-12,14,16-22,24,34,37H,10,13,15H2,1-5H3;/q-2;+2/t34-,37+;/m1./s1. The van der Waals surface area contributed by atoms with Crippen LogP contribution in [0.25, 0.3) is 11.3 Å². The van der Waals surface area contributed by atoms with Gasteiger partial charge in [-0.25, -0.2) is 4.98 Å². The number of hydrogen-bond acceptors (Lipinski definition) is 6. The molecule has 0 bridgehead atoms. The molecule has 0 saturated heterocycles. The molecule has 0 N–H and O–H groups in total. The Kier molecular flexibility index (Phi) is 8.28. The summed E-state index contributed by atoms with van der Waals surface area (Å²) in [6.45, 7) is 11.2. The topological polar surface area (TPSA) is 59.8 Å². The summed E-state index contributed by atoms with van der Waals surface area (Å²) in [5.41, 5.74) is 7.86. The normalized spacial score (nSPS) is 18.9. The monoisotopic (exact) mass is 813 g/mol. The molecule has 3 aliphatic rings. The number of aromatic nitrogens is 2. The Balaban J connectivity index is 0.00000364. The van der Waals surface area contributed by atoms with Crippen LogP contribution in [0.4, 0.5) is 17.2 Å². The third kappa shape index (κ3) is 5.75. The Hall–Kier alpha value is -4.28. The molecule has 3 aromatic carbocycles. The Bertz CT molecular complexity index is 2020. The van der Waals surface area contributed by atoms with Crippen molar-refractivity contribution in [3.8, 4) is 22.8 Å². The van der Waals surface area contributed by atoms with Gasteiger partial charge < -0.3 is 14.4 Å². The fraction of sp³-hybridized carbons (Fsp3) is 0.293. The molecule has 1 aliphatic carbocycles. The average molecular weight is 814 g/mol. The maximum Gasteiger partial charge on any atom is 2.00 e. The van der Waals surface area contributed by atoms with Gasteiger partial charge in [0.1, 0.15) is 17.8 Å². The first kappa shape index (κ1) is 32.3. The zero-order valence-electron chi connectivity index (χ0n) is 27.9. The zero-order valence-corrected chi connectivity index (χ0v) is 30.1. The van der Waals surface area contributed by atoms with E-state index in [4.69, 9.17) is 19.5 Å². The SMILES string of the molecule is CC(C)(C)c1ccnc(N2c3[c-]c(Oc4[c-]c(C5=N[C@@H]6CCC[C@@H]6O5)cc(-c5ccccn5)c4)ccc3C(C)(C)c3ccccc32)c1.[Pt+2]. The van der Waals surface area contributed by atoms with Crippen LogP contribution in [-0.4, -0.2) is 28.0 Å². The summed E-state index contributed by atoms with van der Waals surface area (Å²) in [5, 5.41) is 0. The first-order valence-corrected chi connectivity index (χ1v) is 16.5. The molecule has 0 spiro atoms. The Morgan fingerprint density at radius 1 is 0.854 bits per heavy atom. The molecule has 0 radical (unpaired) electrons. The Morgan fingerprint density at radius 2 is 1.69 bits per heavy atom. The molecule has 5 aromatic rings. The van der Waals surface area contributed by atoms with Gasteiger partial charge in [-0.05, 0) is 71.6 Å². The van der Waals surface area contributed by atoms with Gasteiger partial charge in [0.05, 0.1) is 11.7 Å². The van der Waals surface area contributed by atoms with E-state index < -0.39 is 0 Å². The summed E-state index contributed by atoms with van der Waals surface area (Å²) in [5.74, 6) is 2.62. The van der Waals surface area contributed by atoms with Crippen LogP contribution < -0.4 is 9.64 Å². The third-order valence-corrected chi connectivity index (χ3v) is 9.67. The smallest absolute Gasteiger partial charge is 0.515 e. The van der Waals surface area contributed by atoms with Gasteiger partial charge in [-0.1, -0.05) is 87.8 Å². The summed E-state index contributed by atoms with van der Waals surface area (Å²) in [6.07, 6.45) is 7.10. The van der Waals surface area contributed by atoms with Crippen molar-refractivity contribution >= 4 is 23.1 Å². The van der Waals surface area contributed by atoms with Gasteiger partial charge in [-0.2, -0.15) is 6.07 Å². The molecule has 2 aromatic heterocycles. The quantitative estimate of drug-likeness (QED) is 0.166. The van der Waals surface area contributed by atoms with E-state index in [9.17, 15) is 0 Å². The molecule has 7 heteroatoms. The zero-order chi connectivity index (χ0) is 32.3. The molecule has 2 aliphatic heterocycles. The van der Waals surface area contributed by atoms with Gasteiger partial charge in [0.2, 0.25) is 0 Å². The van der Waals surface area contributed by atoms with Crippen LogP contribution in [0.5, 0.6) is 11.5 Å². The summed E-state index contributed by atoms with van der Waals surface area (Å²) in [6, 6.07) is 34.3. The minimum absolute atomic E-state index is 0.